The lowest BCUT2D eigenvalue weighted by molar-refractivity contribution is 0.476. The van der Waals surface area contributed by atoms with Crippen LogP contribution in [0, 0.1) is 0 Å². The topological polar surface area (TPSA) is 51.2 Å². The summed E-state index contributed by atoms with van der Waals surface area (Å²) in [7, 11) is 0. The Morgan fingerprint density at radius 1 is 1.43 bits per heavy atom. The molecule has 2 rings (SSSR count). The van der Waals surface area contributed by atoms with Crippen LogP contribution in [-0.4, -0.2) is 16.2 Å². The Hall–Kier alpha value is -1.00. The number of aromatic hydroxyl groups is 1. The van der Waals surface area contributed by atoms with Crippen molar-refractivity contribution < 1.29 is 5.11 Å². The number of benzene rings is 1. The lowest BCUT2D eigenvalue weighted by atomic mass is 10.2. The Balaban J connectivity index is 2.66. The first-order valence-corrected chi connectivity index (χ1v) is 5.19. The van der Waals surface area contributed by atoms with Gasteiger partial charge in [-0.3, -0.25) is 0 Å². The van der Waals surface area contributed by atoms with Crippen molar-refractivity contribution in [2.45, 2.75) is 6.54 Å². The van der Waals surface area contributed by atoms with E-state index in [2.05, 4.69) is 15.9 Å². The molecule has 0 bridgehead atoms. The van der Waals surface area contributed by atoms with Crippen molar-refractivity contribution in [1.29, 1.82) is 0 Å². The van der Waals surface area contributed by atoms with Crippen molar-refractivity contribution in [3.8, 4) is 5.75 Å². The van der Waals surface area contributed by atoms with E-state index in [1.54, 1.807) is 12.1 Å². The molecule has 0 unspecified atom stereocenters. The highest BCUT2D eigenvalue weighted by Crippen LogP contribution is 2.28. The van der Waals surface area contributed by atoms with E-state index in [0.29, 0.717) is 6.54 Å². The van der Waals surface area contributed by atoms with Crippen LogP contribution in [0.1, 0.15) is 0 Å². The molecular weight excluding hydrogens is 244 g/mol. The number of fused-ring (bicyclic) bond motifs is 1. The molecule has 3 N–H and O–H groups in total. The Labute approximate surface area is 90.3 Å². The van der Waals surface area contributed by atoms with Gasteiger partial charge in [0.25, 0.3) is 0 Å². The summed E-state index contributed by atoms with van der Waals surface area (Å²) in [6.07, 6.45) is 1.98. The van der Waals surface area contributed by atoms with Gasteiger partial charge in [-0.05, 0) is 28.1 Å². The molecule has 0 saturated heterocycles. The number of rotatable bonds is 2. The van der Waals surface area contributed by atoms with E-state index in [1.165, 1.54) is 0 Å². The van der Waals surface area contributed by atoms with E-state index in [4.69, 9.17) is 5.73 Å². The normalized spacial score (nSPS) is 11.0. The first kappa shape index (κ1) is 9.55. The molecular formula is C10H11BrN2O. The van der Waals surface area contributed by atoms with E-state index in [-0.39, 0.29) is 5.75 Å². The summed E-state index contributed by atoms with van der Waals surface area (Å²) in [5, 5.41) is 10.5. The van der Waals surface area contributed by atoms with Crippen molar-refractivity contribution in [3.63, 3.8) is 0 Å². The van der Waals surface area contributed by atoms with Gasteiger partial charge in [0.2, 0.25) is 0 Å². The molecule has 1 aromatic carbocycles. The number of halogens is 1. The van der Waals surface area contributed by atoms with E-state index in [9.17, 15) is 5.11 Å². The SMILES string of the molecule is NCCn1cc(Br)c2ccc(O)cc21. The lowest BCUT2D eigenvalue weighted by Gasteiger charge is -2.02. The Bertz CT molecular complexity index is 464. The van der Waals surface area contributed by atoms with E-state index >= 15 is 0 Å². The van der Waals surface area contributed by atoms with Gasteiger partial charge in [0.15, 0.2) is 0 Å². The first-order valence-electron chi connectivity index (χ1n) is 4.40. The maximum atomic E-state index is 9.37. The number of aromatic nitrogens is 1. The average molecular weight is 255 g/mol. The first-order chi connectivity index (χ1) is 6.72. The van der Waals surface area contributed by atoms with Crippen LogP contribution in [0.5, 0.6) is 5.75 Å². The van der Waals surface area contributed by atoms with Gasteiger partial charge in [0, 0.05) is 35.2 Å². The molecule has 0 radical (unpaired) electrons. The van der Waals surface area contributed by atoms with Crippen molar-refractivity contribution in [3.05, 3.63) is 28.9 Å². The van der Waals surface area contributed by atoms with Crippen LogP contribution in [0.4, 0.5) is 0 Å². The molecule has 0 atom stereocenters. The highest BCUT2D eigenvalue weighted by atomic mass is 79.9. The quantitative estimate of drug-likeness (QED) is 0.863. The number of phenolic OH excluding ortho intramolecular Hbond substituents is 1. The van der Waals surface area contributed by atoms with Crippen LogP contribution < -0.4 is 5.73 Å². The predicted octanol–water partition coefficient (Wildman–Crippen LogP) is 2.07. The summed E-state index contributed by atoms with van der Waals surface area (Å²) in [4.78, 5) is 0. The minimum absolute atomic E-state index is 0.279. The molecule has 0 aliphatic heterocycles. The zero-order valence-electron chi connectivity index (χ0n) is 7.57. The maximum absolute atomic E-state index is 9.37. The van der Waals surface area contributed by atoms with Gasteiger partial charge in [0.05, 0.1) is 5.52 Å². The molecule has 0 saturated carbocycles. The van der Waals surface area contributed by atoms with Crippen LogP contribution in [-0.2, 0) is 6.54 Å². The van der Waals surface area contributed by atoms with E-state index < -0.39 is 0 Å². The fourth-order valence-corrected chi connectivity index (χ4v) is 2.14. The fraction of sp³-hybridized carbons (Fsp3) is 0.200. The van der Waals surface area contributed by atoms with Gasteiger partial charge in [0.1, 0.15) is 5.75 Å². The lowest BCUT2D eigenvalue weighted by Crippen LogP contribution is -2.08. The number of hydrogen-bond acceptors (Lipinski definition) is 2. The molecule has 2 aromatic rings. The van der Waals surface area contributed by atoms with Crippen molar-refractivity contribution in [2.75, 3.05) is 6.54 Å². The van der Waals surface area contributed by atoms with E-state index in [0.717, 1.165) is 21.9 Å². The molecule has 3 nitrogen and oxygen atoms in total. The second kappa shape index (κ2) is 3.63. The molecule has 1 aromatic heterocycles. The van der Waals surface area contributed by atoms with Gasteiger partial charge in [-0.1, -0.05) is 0 Å². The largest absolute Gasteiger partial charge is 0.508 e. The molecule has 0 aliphatic rings. The van der Waals surface area contributed by atoms with Crippen molar-refractivity contribution in [1.82, 2.24) is 4.57 Å². The average Bonchev–Trinajstić information content (AvgIpc) is 2.44. The summed E-state index contributed by atoms with van der Waals surface area (Å²) in [6, 6.07) is 5.32. The van der Waals surface area contributed by atoms with Crippen molar-refractivity contribution >= 4 is 26.8 Å². The highest BCUT2D eigenvalue weighted by Gasteiger charge is 2.06. The number of hydrogen-bond donors (Lipinski definition) is 2. The van der Waals surface area contributed by atoms with Gasteiger partial charge in [-0.2, -0.15) is 0 Å². The molecule has 0 fully saturated rings. The van der Waals surface area contributed by atoms with E-state index in [1.807, 2.05) is 16.8 Å². The van der Waals surface area contributed by atoms with Gasteiger partial charge < -0.3 is 15.4 Å². The Morgan fingerprint density at radius 3 is 2.93 bits per heavy atom. The minimum Gasteiger partial charge on any atom is -0.508 e. The second-order valence-electron chi connectivity index (χ2n) is 3.16. The molecule has 14 heavy (non-hydrogen) atoms. The fourth-order valence-electron chi connectivity index (χ4n) is 1.56. The molecule has 1 heterocycles. The minimum atomic E-state index is 0.279. The van der Waals surface area contributed by atoms with Crippen LogP contribution in [0.3, 0.4) is 0 Å². The molecule has 0 spiro atoms. The Kier molecular flexibility index (Phi) is 2.48. The summed E-state index contributed by atoms with van der Waals surface area (Å²) in [5.74, 6) is 0.279. The monoisotopic (exact) mass is 254 g/mol. The molecule has 4 heteroatoms. The van der Waals surface area contributed by atoms with Crippen LogP contribution in [0.25, 0.3) is 10.9 Å². The van der Waals surface area contributed by atoms with Crippen LogP contribution in [0.15, 0.2) is 28.9 Å². The van der Waals surface area contributed by atoms with Crippen LogP contribution >= 0.6 is 15.9 Å². The third kappa shape index (κ3) is 1.51. The molecule has 0 amide bonds. The highest BCUT2D eigenvalue weighted by molar-refractivity contribution is 9.10. The molecule has 74 valence electrons. The van der Waals surface area contributed by atoms with Gasteiger partial charge in [-0.25, -0.2) is 0 Å². The van der Waals surface area contributed by atoms with Crippen molar-refractivity contribution in [2.24, 2.45) is 5.73 Å². The number of phenols is 1. The molecule has 0 aliphatic carbocycles. The second-order valence-corrected chi connectivity index (χ2v) is 4.01. The zero-order chi connectivity index (χ0) is 10.1. The maximum Gasteiger partial charge on any atom is 0.117 e. The van der Waals surface area contributed by atoms with Crippen LogP contribution in [0.2, 0.25) is 0 Å². The predicted molar refractivity (Wildman–Crippen MR) is 60.4 cm³/mol. The van der Waals surface area contributed by atoms with Gasteiger partial charge in [-0.15, -0.1) is 0 Å². The smallest absolute Gasteiger partial charge is 0.117 e. The Morgan fingerprint density at radius 2 is 2.21 bits per heavy atom. The number of nitrogens with two attached hydrogens (primary N) is 1. The third-order valence-electron chi connectivity index (χ3n) is 2.19. The summed E-state index contributed by atoms with van der Waals surface area (Å²) in [6.45, 7) is 1.34. The summed E-state index contributed by atoms with van der Waals surface area (Å²) in [5.41, 5.74) is 6.50. The third-order valence-corrected chi connectivity index (χ3v) is 2.82. The standard InChI is InChI=1S/C10H11BrN2O/c11-9-6-13(4-3-12)10-5-7(14)1-2-8(9)10/h1-2,5-6,14H,3-4,12H2. The zero-order valence-corrected chi connectivity index (χ0v) is 9.16. The summed E-state index contributed by atoms with van der Waals surface area (Å²) < 4.78 is 3.06. The van der Waals surface area contributed by atoms with Gasteiger partial charge >= 0.3 is 0 Å². The number of nitrogens with zero attached hydrogens (tertiary/aromatic N) is 1. The summed E-state index contributed by atoms with van der Waals surface area (Å²) >= 11 is 3.47.